The van der Waals surface area contributed by atoms with Crippen LogP contribution in [-0.2, 0) is 15.5 Å². The summed E-state index contributed by atoms with van der Waals surface area (Å²) in [6.45, 7) is 11.2. The van der Waals surface area contributed by atoms with Crippen LogP contribution in [0.3, 0.4) is 0 Å². The van der Waals surface area contributed by atoms with Crippen molar-refractivity contribution in [3.8, 4) is 0 Å². The van der Waals surface area contributed by atoms with Gasteiger partial charge < -0.3 is 9.84 Å². The standard InChI is InChI=1S/C26H42O3S/c1-7-8-9-10-13-25(2,3)19-15-22(27)24-20-14-18(17-30(6)28)11-12-21(20)26(4,5)29-23(24)16-19/h11,15-16,20-21,23-24,27H,7-10,12-14,17H2,1-6H3/t20?,21?,23?,24-,30?/m1/s1. The van der Waals surface area contributed by atoms with Crippen LogP contribution in [0.1, 0.15) is 79.6 Å². The molecule has 170 valence electrons. The van der Waals surface area contributed by atoms with E-state index in [1.54, 1.807) is 6.26 Å². The van der Waals surface area contributed by atoms with Gasteiger partial charge >= 0.3 is 0 Å². The Morgan fingerprint density at radius 1 is 1.27 bits per heavy atom. The lowest BCUT2D eigenvalue weighted by Gasteiger charge is -2.53. The van der Waals surface area contributed by atoms with Crippen molar-refractivity contribution in [3.63, 3.8) is 0 Å². The second-order valence-electron chi connectivity index (χ2n) is 10.9. The van der Waals surface area contributed by atoms with Crippen LogP contribution in [0, 0.1) is 23.2 Å². The molecule has 30 heavy (non-hydrogen) atoms. The Hall–Kier alpha value is -0.870. The molecule has 1 heterocycles. The van der Waals surface area contributed by atoms with Gasteiger partial charge in [0.25, 0.3) is 0 Å². The second-order valence-corrected chi connectivity index (χ2v) is 12.3. The van der Waals surface area contributed by atoms with E-state index in [-0.39, 0.29) is 23.0 Å². The van der Waals surface area contributed by atoms with Gasteiger partial charge in [0.1, 0.15) is 0 Å². The lowest BCUT2D eigenvalue weighted by molar-refractivity contribution is -0.177. The average molecular weight is 435 g/mol. The molecular weight excluding hydrogens is 392 g/mol. The molecule has 3 nitrogen and oxygen atoms in total. The third-order valence-electron chi connectivity index (χ3n) is 7.64. The van der Waals surface area contributed by atoms with Crippen LogP contribution in [0.4, 0.5) is 0 Å². The first kappa shape index (κ1) is 23.8. The van der Waals surface area contributed by atoms with Crippen LogP contribution in [-0.4, -0.2) is 33.0 Å². The minimum Gasteiger partial charge on any atom is -0.512 e. The molecule has 4 heteroatoms. The highest BCUT2D eigenvalue weighted by Gasteiger charge is 2.52. The molecule has 0 spiro atoms. The number of hydrogen-bond acceptors (Lipinski definition) is 3. The van der Waals surface area contributed by atoms with Gasteiger partial charge in [-0.1, -0.05) is 64.2 Å². The molecule has 0 aromatic heterocycles. The van der Waals surface area contributed by atoms with Crippen molar-refractivity contribution >= 4 is 10.8 Å². The van der Waals surface area contributed by atoms with Crippen LogP contribution in [0.5, 0.6) is 0 Å². The van der Waals surface area contributed by atoms with Crippen LogP contribution < -0.4 is 0 Å². The van der Waals surface area contributed by atoms with Crippen LogP contribution in [0.25, 0.3) is 0 Å². The Bertz CT molecular complexity index is 743. The van der Waals surface area contributed by atoms with Crippen molar-refractivity contribution in [2.24, 2.45) is 23.2 Å². The van der Waals surface area contributed by atoms with Crippen LogP contribution in [0.15, 0.2) is 35.1 Å². The maximum atomic E-state index is 11.8. The zero-order valence-corrected chi connectivity index (χ0v) is 20.7. The summed E-state index contributed by atoms with van der Waals surface area (Å²) in [5, 5.41) is 11.2. The minimum absolute atomic E-state index is 0.0108. The fraction of sp³-hybridized carbons (Fsp3) is 0.769. The highest BCUT2D eigenvalue weighted by molar-refractivity contribution is 7.84. The maximum Gasteiger partial charge on any atom is 0.0988 e. The fourth-order valence-electron chi connectivity index (χ4n) is 5.87. The van der Waals surface area contributed by atoms with Gasteiger partial charge in [-0.3, -0.25) is 4.21 Å². The Morgan fingerprint density at radius 3 is 2.67 bits per heavy atom. The maximum absolute atomic E-state index is 11.8. The molecule has 0 aromatic carbocycles. The zero-order chi connectivity index (χ0) is 22.1. The molecule has 1 saturated heterocycles. The Morgan fingerprint density at radius 2 is 2.00 bits per heavy atom. The van der Waals surface area contributed by atoms with E-state index >= 15 is 0 Å². The summed E-state index contributed by atoms with van der Waals surface area (Å²) in [6, 6.07) is 0. The van der Waals surface area contributed by atoms with Gasteiger partial charge in [-0.25, -0.2) is 0 Å². The van der Waals surface area contributed by atoms with E-state index in [4.69, 9.17) is 4.74 Å². The molecule has 0 saturated carbocycles. The molecule has 0 aromatic rings. The van der Waals surface area contributed by atoms with Gasteiger partial charge in [0, 0.05) is 28.7 Å². The number of fused-ring (bicyclic) bond motifs is 3. The summed E-state index contributed by atoms with van der Waals surface area (Å²) in [7, 11) is -0.824. The molecule has 4 unspecified atom stereocenters. The van der Waals surface area contributed by atoms with E-state index < -0.39 is 10.8 Å². The molecule has 1 fully saturated rings. The number of ether oxygens (including phenoxy) is 1. The van der Waals surface area contributed by atoms with Crippen LogP contribution >= 0.6 is 0 Å². The van der Waals surface area contributed by atoms with Crippen molar-refractivity contribution in [3.05, 3.63) is 35.1 Å². The van der Waals surface area contributed by atoms with E-state index in [1.807, 2.05) is 6.08 Å². The van der Waals surface area contributed by atoms with Gasteiger partial charge in [-0.2, -0.15) is 0 Å². The third kappa shape index (κ3) is 5.12. The molecule has 0 bridgehead atoms. The summed E-state index contributed by atoms with van der Waals surface area (Å²) < 4.78 is 18.4. The lowest BCUT2D eigenvalue weighted by Crippen LogP contribution is -2.54. The fourth-order valence-corrected chi connectivity index (χ4v) is 6.63. The molecule has 1 aliphatic heterocycles. The van der Waals surface area contributed by atoms with Crippen molar-refractivity contribution in [1.29, 1.82) is 0 Å². The predicted octanol–water partition coefficient (Wildman–Crippen LogP) is 6.49. The van der Waals surface area contributed by atoms with E-state index in [0.717, 1.165) is 19.3 Å². The van der Waals surface area contributed by atoms with E-state index in [0.29, 0.717) is 23.3 Å². The first-order valence-corrected chi connectivity index (χ1v) is 13.6. The molecule has 0 radical (unpaired) electrons. The van der Waals surface area contributed by atoms with Gasteiger partial charge in [0.15, 0.2) is 0 Å². The van der Waals surface area contributed by atoms with Gasteiger partial charge in [0.05, 0.1) is 17.5 Å². The number of allylic oxidation sites excluding steroid dienone is 3. The van der Waals surface area contributed by atoms with E-state index in [2.05, 4.69) is 46.8 Å². The number of hydrogen-bond donors (Lipinski definition) is 1. The predicted molar refractivity (Wildman–Crippen MR) is 127 cm³/mol. The highest BCUT2D eigenvalue weighted by atomic mass is 32.2. The molecule has 0 amide bonds. The number of unbranched alkanes of at least 4 members (excludes halogenated alkanes) is 3. The van der Waals surface area contributed by atoms with Crippen molar-refractivity contribution < 1.29 is 14.1 Å². The number of aliphatic hydroxyl groups is 1. The number of rotatable bonds is 8. The second kappa shape index (κ2) is 9.32. The summed E-state index contributed by atoms with van der Waals surface area (Å²) in [5.74, 6) is 1.86. The Kier molecular flexibility index (Phi) is 7.39. The average Bonchev–Trinajstić information content (AvgIpc) is 2.63. The molecular formula is C26H42O3S. The first-order valence-electron chi connectivity index (χ1n) is 11.8. The normalized spacial score (nSPS) is 31.7. The SMILES string of the molecule is CCCCCCC(C)(C)C1=CC2OC(C)(C)C3CC=C(CS(C)=O)CC3[C@@H]2C(O)=C1. The summed E-state index contributed by atoms with van der Waals surface area (Å²) >= 11 is 0. The minimum atomic E-state index is -0.824. The van der Waals surface area contributed by atoms with Crippen LogP contribution in [0.2, 0.25) is 0 Å². The topological polar surface area (TPSA) is 46.5 Å². The molecule has 3 aliphatic rings. The monoisotopic (exact) mass is 434 g/mol. The molecule has 5 atom stereocenters. The van der Waals surface area contributed by atoms with E-state index in [1.165, 1.54) is 36.8 Å². The summed E-state index contributed by atoms with van der Waals surface area (Å²) in [4.78, 5) is 0. The molecule has 2 aliphatic carbocycles. The van der Waals surface area contributed by atoms with Gasteiger partial charge in [-0.15, -0.1) is 0 Å². The van der Waals surface area contributed by atoms with Gasteiger partial charge in [0.2, 0.25) is 0 Å². The van der Waals surface area contributed by atoms with Crippen molar-refractivity contribution in [1.82, 2.24) is 0 Å². The van der Waals surface area contributed by atoms with Crippen molar-refractivity contribution in [2.75, 3.05) is 12.0 Å². The summed E-state index contributed by atoms with van der Waals surface area (Å²) in [6.07, 6.45) is 16.3. The zero-order valence-electron chi connectivity index (χ0n) is 19.9. The molecule has 1 N–H and O–H groups in total. The highest BCUT2D eigenvalue weighted by Crippen LogP contribution is 2.53. The quantitative estimate of drug-likeness (QED) is 0.351. The number of aliphatic hydroxyl groups excluding tert-OH is 1. The first-order chi connectivity index (χ1) is 14.0. The summed E-state index contributed by atoms with van der Waals surface area (Å²) in [5.41, 5.74) is 2.30. The Balaban J connectivity index is 1.82. The third-order valence-corrected chi connectivity index (χ3v) is 8.41. The van der Waals surface area contributed by atoms with Crippen molar-refractivity contribution in [2.45, 2.75) is 91.3 Å². The van der Waals surface area contributed by atoms with E-state index in [9.17, 15) is 9.32 Å². The molecule has 3 rings (SSSR count). The lowest BCUT2D eigenvalue weighted by atomic mass is 9.61. The Labute approximate surface area is 186 Å². The smallest absolute Gasteiger partial charge is 0.0988 e. The van der Waals surface area contributed by atoms with Gasteiger partial charge in [-0.05, 0) is 62.0 Å². The largest absolute Gasteiger partial charge is 0.512 e.